The van der Waals surface area contributed by atoms with Crippen molar-refractivity contribution in [2.45, 2.75) is 50.0 Å². The highest BCUT2D eigenvalue weighted by atomic mass is 19.4. The monoisotopic (exact) mass is 353 g/mol. The minimum absolute atomic E-state index is 0.175. The SMILES string of the molecule is O[C@H]1C[C@H](c2ccccc2C(F)(F)F)N(Cc2nc(C3CC3)no2)C1. The molecule has 1 aliphatic heterocycles. The Morgan fingerprint density at radius 2 is 2.00 bits per heavy atom. The van der Waals surface area contributed by atoms with Gasteiger partial charge in [0.25, 0.3) is 0 Å². The van der Waals surface area contributed by atoms with Crippen LogP contribution in [0, 0.1) is 0 Å². The summed E-state index contributed by atoms with van der Waals surface area (Å²) in [5.74, 6) is 1.40. The number of hydrogen-bond donors (Lipinski definition) is 1. The van der Waals surface area contributed by atoms with Crippen LogP contribution in [0.2, 0.25) is 0 Å². The summed E-state index contributed by atoms with van der Waals surface area (Å²) >= 11 is 0. The highest BCUT2D eigenvalue weighted by molar-refractivity contribution is 5.33. The lowest BCUT2D eigenvalue weighted by Gasteiger charge is -2.25. The molecule has 0 radical (unpaired) electrons. The first-order chi connectivity index (χ1) is 11.9. The fraction of sp³-hybridized carbons (Fsp3) is 0.529. The Hall–Kier alpha value is -1.93. The van der Waals surface area contributed by atoms with Crippen LogP contribution in [0.1, 0.15) is 54.1 Å². The van der Waals surface area contributed by atoms with Gasteiger partial charge in [0.1, 0.15) is 0 Å². The Balaban J connectivity index is 1.59. The summed E-state index contributed by atoms with van der Waals surface area (Å²) in [6, 6.07) is 4.98. The first-order valence-electron chi connectivity index (χ1n) is 8.32. The van der Waals surface area contributed by atoms with Gasteiger partial charge in [-0.25, -0.2) is 0 Å². The van der Waals surface area contributed by atoms with Crippen molar-refractivity contribution in [2.75, 3.05) is 6.54 Å². The van der Waals surface area contributed by atoms with Gasteiger partial charge in [-0.3, -0.25) is 4.90 Å². The summed E-state index contributed by atoms with van der Waals surface area (Å²) in [7, 11) is 0. The van der Waals surface area contributed by atoms with Crippen LogP contribution in [-0.4, -0.2) is 32.8 Å². The van der Waals surface area contributed by atoms with E-state index in [1.54, 1.807) is 11.0 Å². The zero-order valence-electron chi connectivity index (χ0n) is 13.4. The number of benzene rings is 1. The standard InChI is InChI=1S/C17H18F3N3O2/c18-17(19,20)13-4-2-1-3-12(13)14-7-11(24)8-23(14)9-15-21-16(22-25-15)10-5-6-10/h1-4,10-11,14,24H,5-9H2/t11-,14+/m0/s1. The molecule has 0 amide bonds. The quantitative estimate of drug-likeness (QED) is 0.914. The molecular formula is C17H18F3N3O2. The van der Waals surface area contributed by atoms with E-state index in [-0.39, 0.29) is 25.1 Å². The molecular weight excluding hydrogens is 335 g/mol. The zero-order valence-corrected chi connectivity index (χ0v) is 13.4. The van der Waals surface area contributed by atoms with Crippen molar-refractivity contribution in [3.63, 3.8) is 0 Å². The number of aliphatic hydroxyl groups is 1. The molecule has 1 aromatic heterocycles. The smallest absolute Gasteiger partial charge is 0.392 e. The van der Waals surface area contributed by atoms with Crippen LogP contribution in [0.4, 0.5) is 13.2 Å². The topological polar surface area (TPSA) is 62.4 Å². The van der Waals surface area contributed by atoms with Gasteiger partial charge in [0.15, 0.2) is 5.82 Å². The van der Waals surface area contributed by atoms with Gasteiger partial charge in [0.05, 0.1) is 18.2 Å². The lowest BCUT2D eigenvalue weighted by atomic mass is 9.97. The molecule has 0 spiro atoms. The summed E-state index contributed by atoms with van der Waals surface area (Å²) in [4.78, 5) is 6.11. The van der Waals surface area contributed by atoms with E-state index >= 15 is 0 Å². The average molecular weight is 353 g/mol. The van der Waals surface area contributed by atoms with Gasteiger partial charge in [0.2, 0.25) is 5.89 Å². The summed E-state index contributed by atoms with van der Waals surface area (Å²) in [5, 5.41) is 14.0. The molecule has 25 heavy (non-hydrogen) atoms. The number of halogens is 3. The third-order valence-corrected chi connectivity index (χ3v) is 4.77. The van der Waals surface area contributed by atoms with E-state index < -0.39 is 23.9 Å². The lowest BCUT2D eigenvalue weighted by molar-refractivity contribution is -0.138. The molecule has 1 saturated heterocycles. The van der Waals surface area contributed by atoms with Gasteiger partial charge in [-0.1, -0.05) is 23.4 Å². The van der Waals surface area contributed by atoms with Crippen molar-refractivity contribution < 1.29 is 22.8 Å². The number of nitrogens with zero attached hydrogens (tertiary/aromatic N) is 3. The van der Waals surface area contributed by atoms with Gasteiger partial charge < -0.3 is 9.63 Å². The molecule has 2 fully saturated rings. The first kappa shape index (κ1) is 16.5. The molecule has 0 unspecified atom stereocenters. The number of aromatic nitrogens is 2. The maximum atomic E-state index is 13.3. The molecule has 1 saturated carbocycles. The second-order valence-electron chi connectivity index (χ2n) is 6.74. The Morgan fingerprint density at radius 1 is 1.24 bits per heavy atom. The number of β-amino-alcohol motifs (C(OH)–C–C–N with tert-alkyl or cyclic N) is 1. The zero-order chi connectivity index (χ0) is 17.6. The van der Waals surface area contributed by atoms with E-state index in [9.17, 15) is 18.3 Å². The van der Waals surface area contributed by atoms with Crippen molar-refractivity contribution in [3.8, 4) is 0 Å². The molecule has 5 nitrogen and oxygen atoms in total. The maximum absolute atomic E-state index is 13.3. The Labute approximate surface area is 142 Å². The molecule has 1 aromatic carbocycles. The predicted octanol–water partition coefficient (Wildman–Crippen LogP) is 3.27. The van der Waals surface area contributed by atoms with Crippen molar-refractivity contribution in [2.24, 2.45) is 0 Å². The van der Waals surface area contributed by atoms with E-state index in [4.69, 9.17) is 4.52 Å². The molecule has 2 aromatic rings. The number of alkyl halides is 3. The normalized spacial score (nSPS) is 24.8. The van der Waals surface area contributed by atoms with Crippen LogP contribution < -0.4 is 0 Å². The van der Waals surface area contributed by atoms with Crippen LogP contribution in [-0.2, 0) is 12.7 Å². The Kier molecular flexibility index (Phi) is 4.04. The minimum atomic E-state index is -4.43. The molecule has 1 aliphatic carbocycles. The molecule has 2 atom stereocenters. The Bertz CT molecular complexity index is 758. The van der Waals surface area contributed by atoms with Crippen LogP contribution >= 0.6 is 0 Å². The third-order valence-electron chi connectivity index (χ3n) is 4.77. The largest absolute Gasteiger partial charge is 0.416 e. The molecule has 8 heteroatoms. The van der Waals surface area contributed by atoms with E-state index in [2.05, 4.69) is 10.1 Å². The first-order valence-corrected chi connectivity index (χ1v) is 8.32. The summed E-state index contributed by atoms with van der Waals surface area (Å²) in [5.41, 5.74) is -0.489. The Morgan fingerprint density at radius 3 is 2.72 bits per heavy atom. The summed E-state index contributed by atoms with van der Waals surface area (Å²) < 4.78 is 45.2. The number of likely N-dealkylation sites (tertiary alicyclic amines) is 1. The molecule has 134 valence electrons. The van der Waals surface area contributed by atoms with Gasteiger partial charge in [0, 0.05) is 18.5 Å². The van der Waals surface area contributed by atoms with Crippen LogP contribution in [0.15, 0.2) is 28.8 Å². The van der Waals surface area contributed by atoms with E-state index in [0.717, 1.165) is 18.9 Å². The van der Waals surface area contributed by atoms with E-state index in [1.807, 2.05) is 0 Å². The number of hydrogen-bond acceptors (Lipinski definition) is 5. The van der Waals surface area contributed by atoms with Gasteiger partial charge in [-0.15, -0.1) is 0 Å². The van der Waals surface area contributed by atoms with E-state index in [0.29, 0.717) is 17.6 Å². The van der Waals surface area contributed by atoms with Crippen LogP contribution in [0.3, 0.4) is 0 Å². The van der Waals surface area contributed by atoms with Crippen molar-refractivity contribution in [3.05, 3.63) is 47.1 Å². The van der Waals surface area contributed by atoms with Crippen LogP contribution in [0.5, 0.6) is 0 Å². The fourth-order valence-electron chi connectivity index (χ4n) is 3.44. The highest BCUT2D eigenvalue weighted by Crippen LogP contribution is 2.41. The van der Waals surface area contributed by atoms with Gasteiger partial charge in [-0.2, -0.15) is 18.2 Å². The molecule has 0 bridgehead atoms. The van der Waals surface area contributed by atoms with Gasteiger partial charge in [-0.05, 0) is 30.9 Å². The highest BCUT2D eigenvalue weighted by Gasteiger charge is 2.40. The summed E-state index contributed by atoms with van der Waals surface area (Å²) in [6.07, 6.45) is -2.78. The lowest BCUT2D eigenvalue weighted by Crippen LogP contribution is -2.26. The number of rotatable bonds is 4. The summed E-state index contributed by atoms with van der Waals surface area (Å²) in [6.45, 7) is 0.506. The third kappa shape index (κ3) is 3.41. The molecule has 2 heterocycles. The second kappa shape index (κ2) is 6.10. The molecule has 1 N–H and O–H groups in total. The van der Waals surface area contributed by atoms with Crippen molar-refractivity contribution >= 4 is 0 Å². The molecule has 2 aliphatic rings. The van der Waals surface area contributed by atoms with Crippen LogP contribution in [0.25, 0.3) is 0 Å². The number of aliphatic hydroxyl groups excluding tert-OH is 1. The van der Waals surface area contributed by atoms with E-state index in [1.165, 1.54) is 12.1 Å². The predicted molar refractivity (Wildman–Crippen MR) is 81.5 cm³/mol. The molecule has 4 rings (SSSR count). The van der Waals surface area contributed by atoms with Crippen molar-refractivity contribution in [1.29, 1.82) is 0 Å². The van der Waals surface area contributed by atoms with Gasteiger partial charge >= 0.3 is 6.18 Å². The second-order valence-corrected chi connectivity index (χ2v) is 6.74. The maximum Gasteiger partial charge on any atom is 0.416 e. The average Bonchev–Trinajstić information content (AvgIpc) is 3.20. The van der Waals surface area contributed by atoms with Crippen molar-refractivity contribution in [1.82, 2.24) is 15.0 Å². The minimum Gasteiger partial charge on any atom is -0.392 e. The fourth-order valence-corrected chi connectivity index (χ4v) is 3.44.